The van der Waals surface area contributed by atoms with Gasteiger partial charge in [0.05, 0.1) is 11.4 Å². The molecule has 0 saturated carbocycles. The average Bonchev–Trinajstić information content (AvgIpc) is 3.09. The molecular formula is C27H23Cl2NO4S. The van der Waals surface area contributed by atoms with Gasteiger partial charge >= 0.3 is 0 Å². The predicted octanol–water partition coefficient (Wildman–Crippen LogP) is 7.30. The third-order valence-electron chi connectivity index (χ3n) is 5.39. The fourth-order valence-electron chi connectivity index (χ4n) is 3.47. The van der Waals surface area contributed by atoms with Gasteiger partial charge in [0.15, 0.2) is 0 Å². The highest BCUT2D eigenvalue weighted by atomic mass is 35.5. The molecule has 0 radical (unpaired) electrons. The number of halogens is 2. The van der Waals surface area contributed by atoms with E-state index in [-0.39, 0.29) is 30.9 Å². The topological polar surface area (TPSA) is 55.8 Å². The van der Waals surface area contributed by atoms with Gasteiger partial charge in [-0.2, -0.15) is 0 Å². The number of aryl methyl sites for hydroxylation is 2. The lowest BCUT2D eigenvalue weighted by Crippen LogP contribution is -2.32. The number of thioether (sulfide) groups is 1. The van der Waals surface area contributed by atoms with Gasteiger partial charge < -0.3 is 9.47 Å². The number of para-hydroxylation sites is 1. The lowest BCUT2D eigenvalue weighted by atomic mass is 10.1. The lowest BCUT2D eigenvalue weighted by molar-refractivity contribution is -0.123. The number of amides is 2. The number of hydrogen-bond donors (Lipinski definition) is 0. The van der Waals surface area contributed by atoms with Gasteiger partial charge in [0.25, 0.3) is 11.1 Å². The Morgan fingerprint density at radius 3 is 2.54 bits per heavy atom. The van der Waals surface area contributed by atoms with E-state index < -0.39 is 0 Å². The summed E-state index contributed by atoms with van der Waals surface area (Å²) >= 11 is 13.1. The molecule has 0 atom stereocenters. The second kappa shape index (κ2) is 11.2. The summed E-state index contributed by atoms with van der Waals surface area (Å²) in [4.78, 5) is 27.0. The van der Waals surface area contributed by atoms with E-state index in [0.717, 1.165) is 34.2 Å². The molecule has 1 saturated heterocycles. The van der Waals surface area contributed by atoms with Gasteiger partial charge in [0, 0.05) is 21.2 Å². The molecule has 3 aromatic rings. The minimum atomic E-state index is -0.347. The van der Waals surface area contributed by atoms with Crippen LogP contribution in [0.4, 0.5) is 4.79 Å². The largest absolute Gasteiger partial charge is 0.491 e. The molecule has 1 aliphatic rings. The zero-order valence-corrected chi connectivity index (χ0v) is 21.5. The van der Waals surface area contributed by atoms with Gasteiger partial charge in [-0.25, -0.2) is 0 Å². The first-order chi connectivity index (χ1) is 16.8. The van der Waals surface area contributed by atoms with Crippen molar-refractivity contribution in [1.82, 2.24) is 4.90 Å². The van der Waals surface area contributed by atoms with E-state index in [1.165, 1.54) is 4.90 Å². The molecule has 0 aliphatic carbocycles. The first-order valence-electron chi connectivity index (χ1n) is 10.9. The van der Waals surface area contributed by atoms with Gasteiger partial charge in [0.2, 0.25) is 0 Å². The quantitative estimate of drug-likeness (QED) is 0.287. The summed E-state index contributed by atoms with van der Waals surface area (Å²) in [6.07, 6.45) is 1.68. The van der Waals surface area contributed by atoms with Crippen LogP contribution in [0.1, 0.15) is 22.3 Å². The number of ether oxygens (including phenoxy) is 2. The van der Waals surface area contributed by atoms with Gasteiger partial charge in [-0.1, -0.05) is 59.6 Å². The first-order valence-corrected chi connectivity index (χ1v) is 12.5. The molecule has 4 rings (SSSR count). The van der Waals surface area contributed by atoms with Crippen LogP contribution in [0.25, 0.3) is 6.08 Å². The predicted molar refractivity (Wildman–Crippen MR) is 141 cm³/mol. The highest BCUT2D eigenvalue weighted by Gasteiger charge is 2.35. The molecule has 0 unspecified atom stereocenters. The van der Waals surface area contributed by atoms with E-state index in [4.69, 9.17) is 32.7 Å². The molecule has 180 valence electrons. The van der Waals surface area contributed by atoms with Crippen LogP contribution in [0, 0.1) is 13.8 Å². The van der Waals surface area contributed by atoms with Gasteiger partial charge in [-0.15, -0.1) is 0 Å². The Bertz CT molecular complexity index is 1310. The second-order valence-electron chi connectivity index (χ2n) is 8.01. The summed E-state index contributed by atoms with van der Waals surface area (Å²) in [6, 6.07) is 18.5. The molecule has 3 aromatic carbocycles. The van der Waals surface area contributed by atoms with Crippen molar-refractivity contribution in [2.24, 2.45) is 0 Å². The maximum Gasteiger partial charge on any atom is 0.293 e. The summed E-state index contributed by atoms with van der Waals surface area (Å²) < 4.78 is 11.8. The van der Waals surface area contributed by atoms with Crippen molar-refractivity contribution in [2.45, 2.75) is 20.5 Å². The average molecular weight is 528 g/mol. The van der Waals surface area contributed by atoms with E-state index in [1.54, 1.807) is 30.3 Å². The minimum Gasteiger partial charge on any atom is -0.491 e. The monoisotopic (exact) mass is 527 g/mol. The van der Waals surface area contributed by atoms with Crippen LogP contribution < -0.4 is 9.47 Å². The maximum absolute atomic E-state index is 12.9. The summed E-state index contributed by atoms with van der Waals surface area (Å²) in [6.45, 7) is 4.56. The Morgan fingerprint density at radius 1 is 0.943 bits per heavy atom. The van der Waals surface area contributed by atoms with Crippen molar-refractivity contribution < 1.29 is 19.1 Å². The van der Waals surface area contributed by atoms with Crippen molar-refractivity contribution in [1.29, 1.82) is 0 Å². The van der Waals surface area contributed by atoms with Gasteiger partial charge in [-0.3, -0.25) is 14.5 Å². The van der Waals surface area contributed by atoms with Crippen LogP contribution in [0.2, 0.25) is 10.0 Å². The summed E-state index contributed by atoms with van der Waals surface area (Å²) in [7, 11) is 0. The number of carbonyl (C=O) groups is 2. The third-order valence-corrected chi connectivity index (χ3v) is 6.89. The maximum atomic E-state index is 12.9. The van der Waals surface area contributed by atoms with E-state index in [2.05, 4.69) is 0 Å². The van der Waals surface area contributed by atoms with Crippen LogP contribution >= 0.6 is 35.0 Å². The minimum absolute atomic E-state index is 0.169. The smallest absolute Gasteiger partial charge is 0.293 e. The molecule has 8 heteroatoms. The zero-order chi connectivity index (χ0) is 24.9. The second-order valence-corrected chi connectivity index (χ2v) is 9.85. The fraction of sp³-hybridized carbons (Fsp3) is 0.185. The van der Waals surface area contributed by atoms with Crippen molar-refractivity contribution in [3.63, 3.8) is 0 Å². The van der Waals surface area contributed by atoms with Gasteiger partial charge in [0.1, 0.15) is 24.7 Å². The SMILES string of the molecule is Cc1ccc(C)c(OCCN2C(=O)S/C(=C\c3ccccc3OCc3ccc(Cl)cc3Cl)C2=O)c1. The molecule has 0 aromatic heterocycles. The molecule has 1 fully saturated rings. The van der Waals surface area contributed by atoms with Crippen molar-refractivity contribution >= 4 is 52.2 Å². The van der Waals surface area contributed by atoms with Gasteiger partial charge in [-0.05, 0) is 67.1 Å². The number of imide groups is 1. The first kappa shape index (κ1) is 25.2. The van der Waals surface area contributed by atoms with Crippen LogP contribution in [0.15, 0.2) is 65.6 Å². The normalized spacial score (nSPS) is 14.6. The molecule has 0 spiro atoms. The molecular weight excluding hydrogens is 505 g/mol. The summed E-state index contributed by atoms with van der Waals surface area (Å²) in [5.74, 6) is 0.975. The van der Waals surface area contributed by atoms with E-state index in [0.29, 0.717) is 26.3 Å². The number of carbonyl (C=O) groups excluding carboxylic acids is 2. The van der Waals surface area contributed by atoms with E-state index >= 15 is 0 Å². The third kappa shape index (κ3) is 6.20. The fourth-order valence-corrected chi connectivity index (χ4v) is 4.79. The highest BCUT2D eigenvalue weighted by Crippen LogP contribution is 2.34. The van der Waals surface area contributed by atoms with E-state index in [1.807, 2.05) is 50.2 Å². The Hall–Kier alpha value is -2.93. The number of hydrogen-bond acceptors (Lipinski definition) is 5. The molecule has 35 heavy (non-hydrogen) atoms. The summed E-state index contributed by atoms with van der Waals surface area (Å²) in [5, 5.41) is 0.741. The zero-order valence-electron chi connectivity index (χ0n) is 19.2. The van der Waals surface area contributed by atoms with Crippen molar-refractivity contribution in [2.75, 3.05) is 13.2 Å². The number of rotatable bonds is 8. The Morgan fingerprint density at radius 2 is 1.74 bits per heavy atom. The Kier molecular flexibility index (Phi) is 8.06. The molecule has 2 amide bonds. The molecule has 5 nitrogen and oxygen atoms in total. The van der Waals surface area contributed by atoms with E-state index in [9.17, 15) is 9.59 Å². The molecule has 0 N–H and O–H groups in total. The Balaban J connectivity index is 1.43. The molecule has 1 heterocycles. The molecule has 0 bridgehead atoms. The summed E-state index contributed by atoms with van der Waals surface area (Å²) in [5.41, 5.74) is 3.56. The van der Waals surface area contributed by atoms with Crippen LogP contribution in [-0.2, 0) is 11.4 Å². The van der Waals surface area contributed by atoms with Crippen LogP contribution in [0.3, 0.4) is 0 Å². The number of nitrogens with zero attached hydrogens (tertiary/aromatic N) is 1. The van der Waals surface area contributed by atoms with Crippen molar-refractivity contribution in [3.05, 3.63) is 97.9 Å². The highest BCUT2D eigenvalue weighted by molar-refractivity contribution is 8.18. The lowest BCUT2D eigenvalue weighted by Gasteiger charge is -2.14. The Labute approximate surface area is 218 Å². The molecule has 1 aliphatic heterocycles. The number of benzene rings is 3. The van der Waals surface area contributed by atoms with Crippen LogP contribution in [-0.4, -0.2) is 29.2 Å². The van der Waals surface area contributed by atoms with Crippen molar-refractivity contribution in [3.8, 4) is 11.5 Å². The van der Waals surface area contributed by atoms with Crippen LogP contribution in [0.5, 0.6) is 11.5 Å². The standard InChI is InChI=1S/C27H23Cl2NO4S/c1-17-7-8-18(2)24(13-17)33-12-11-30-26(31)25(35-27(30)32)14-19-5-3-4-6-23(19)34-16-20-9-10-21(28)15-22(20)29/h3-10,13-15H,11-12,16H2,1-2H3/b25-14-.